The summed E-state index contributed by atoms with van der Waals surface area (Å²) in [4.78, 5) is 11.1. The highest BCUT2D eigenvalue weighted by atomic mass is 79.9. The van der Waals surface area contributed by atoms with E-state index >= 15 is 0 Å². The van der Waals surface area contributed by atoms with E-state index in [1.807, 2.05) is 0 Å². The van der Waals surface area contributed by atoms with Gasteiger partial charge in [0.15, 0.2) is 0 Å². The zero-order valence-corrected chi connectivity index (χ0v) is 11.2. The highest BCUT2D eigenvalue weighted by Crippen LogP contribution is 2.39. The fraction of sp³-hybridized carbons (Fsp3) is 0.200. The number of hydrogen-bond acceptors (Lipinski definition) is 4. The number of thioether (sulfide) groups is 1. The average Bonchev–Trinajstić information content (AvgIpc) is 2.28. The molecule has 8 heteroatoms. The molecular formula is C10H5BrF3NO2S. The first-order valence-electron chi connectivity index (χ1n) is 4.36. The lowest BCUT2D eigenvalue weighted by molar-refractivity contribution is -0.0328. The van der Waals surface area contributed by atoms with Gasteiger partial charge < -0.3 is 4.74 Å². The van der Waals surface area contributed by atoms with Crippen LogP contribution in [-0.4, -0.2) is 18.6 Å². The number of halogens is 4. The zero-order chi connectivity index (χ0) is 13.9. The predicted molar refractivity (Wildman–Crippen MR) is 62.1 cm³/mol. The van der Waals surface area contributed by atoms with E-state index in [-0.39, 0.29) is 20.5 Å². The van der Waals surface area contributed by atoms with Crippen LogP contribution in [0.4, 0.5) is 13.2 Å². The molecule has 0 unspecified atom stereocenters. The van der Waals surface area contributed by atoms with Crippen molar-refractivity contribution in [3.05, 3.63) is 27.7 Å². The van der Waals surface area contributed by atoms with Crippen LogP contribution in [0.25, 0.3) is 0 Å². The van der Waals surface area contributed by atoms with Crippen molar-refractivity contribution in [2.45, 2.75) is 10.4 Å². The summed E-state index contributed by atoms with van der Waals surface area (Å²) >= 11 is 2.58. The summed E-state index contributed by atoms with van der Waals surface area (Å²) in [6, 6.07) is 3.78. The molecule has 1 aromatic rings. The minimum atomic E-state index is -4.49. The van der Waals surface area contributed by atoms with Crippen molar-refractivity contribution in [1.82, 2.24) is 0 Å². The topological polar surface area (TPSA) is 50.1 Å². The van der Waals surface area contributed by atoms with Gasteiger partial charge in [-0.25, -0.2) is 4.79 Å². The molecule has 0 saturated heterocycles. The van der Waals surface area contributed by atoms with Crippen molar-refractivity contribution >= 4 is 33.7 Å². The number of benzene rings is 1. The van der Waals surface area contributed by atoms with Gasteiger partial charge in [0.2, 0.25) is 0 Å². The Kier molecular flexibility index (Phi) is 4.65. The highest BCUT2D eigenvalue weighted by molar-refractivity contribution is 9.10. The summed E-state index contributed by atoms with van der Waals surface area (Å²) in [5.41, 5.74) is -4.68. The summed E-state index contributed by atoms with van der Waals surface area (Å²) < 4.78 is 41.3. The van der Waals surface area contributed by atoms with Crippen LogP contribution in [0.1, 0.15) is 15.9 Å². The first kappa shape index (κ1) is 14.9. The molecule has 0 saturated carbocycles. The number of ether oxygens (including phenoxy) is 1. The Hall–Kier alpha value is -1.20. The van der Waals surface area contributed by atoms with E-state index < -0.39 is 23.2 Å². The zero-order valence-electron chi connectivity index (χ0n) is 8.84. The Labute approximate surface area is 113 Å². The Morgan fingerprint density at radius 2 is 2.11 bits per heavy atom. The van der Waals surface area contributed by atoms with Crippen LogP contribution < -0.4 is 0 Å². The van der Waals surface area contributed by atoms with Crippen LogP contribution in [0.15, 0.2) is 21.5 Å². The number of rotatable bonds is 2. The lowest BCUT2D eigenvalue weighted by Crippen LogP contribution is -2.05. The van der Waals surface area contributed by atoms with Crippen molar-refractivity contribution < 1.29 is 22.7 Å². The summed E-state index contributed by atoms with van der Waals surface area (Å²) in [6.07, 6.45) is 0. The predicted octanol–water partition coefficient (Wildman–Crippen LogP) is 3.72. The first-order chi connectivity index (χ1) is 8.28. The maximum atomic E-state index is 12.2. The molecule has 0 aliphatic rings. The van der Waals surface area contributed by atoms with E-state index in [1.165, 1.54) is 0 Å². The quantitative estimate of drug-likeness (QED) is 0.608. The molecule has 0 aliphatic carbocycles. The van der Waals surface area contributed by atoms with Gasteiger partial charge in [0, 0.05) is 9.37 Å². The Morgan fingerprint density at radius 3 is 2.56 bits per heavy atom. The third-order valence-electron chi connectivity index (χ3n) is 1.81. The summed E-state index contributed by atoms with van der Waals surface area (Å²) in [5.74, 6) is -0.817. The number of carbonyl (C=O) groups is 1. The number of methoxy groups -OCH3 is 1. The molecule has 0 atom stereocenters. The number of hydrogen-bond donors (Lipinski definition) is 0. The number of nitrogens with zero attached hydrogens (tertiary/aromatic N) is 1. The molecule has 0 fully saturated rings. The van der Waals surface area contributed by atoms with E-state index in [2.05, 4.69) is 20.7 Å². The monoisotopic (exact) mass is 339 g/mol. The average molecular weight is 340 g/mol. The number of alkyl halides is 3. The molecule has 96 valence electrons. The molecule has 0 bridgehead atoms. The molecule has 1 rings (SSSR count). The number of nitriles is 1. The highest BCUT2D eigenvalue weighted by Gasteiger charge is 2.30. The van der Waals surface area contributed by atoms with Crippen LogP contribution in [0.3, 0.4) is 0 Å². The van der Waals surface area contributed by atoms with Crippen molar-refractivity contribution in [2.75, 3.05) is 7.11 Å². The van der Waals surface area contributed by atoms with Gasteiger partial charge in [0.25, 0.3) is 0 Å². The molecule has 0 aliphatic heterocycles. The molecule has 0 radical (unpaired) electrons. The minimum Gasteiger partial charge on any atom is -0.465 e. The summed E-state index contributed by atoms with van der Waals surface area (Å²) in [5, 5.41) is 8.80. The van der Waals surface area contributed by atoms with Gasteiger partial charge in [-0.05, 0) is 39.8 Å². The fourth-order valence-electron chi connectivity index (χ4n) is 1.13. The van der Waals surface area contributed by atoms with Gasteiger partial charge in [-0.3, -0.25) is 0 Å². The molecule has 0 heterocycles. The normalized spacial score (nSPS) is 10.9. The smallest absolute Gasteiger partial charge is 0.446 e. The molecule has 0 aromatic heterocycles. The standard InChI is InChI=1S/C10H5BrF3NO2S/c1-17-9(16)7-3-6(18-10(12,13)14)2-5(4-15)8(7)11/h2-3H,1H3. The van der Waals surface area contributed by atoms with E-state index in [0.717, 1.165) is 19.2 Å². The molecule has 1 aromatic carbocycles. The first-order valence-corrected chi connectivity index (χ1v) is 5.97. The fourth-order valence-corrected chi connectivity index (χ4v) is 2.23. The molecule has 3 nitrogen and oxygen atoms in total. The third-order valence-corrected chi connectivity index (χ3v) is 3.36. The van der Waals surface area contributed by atoms with Gasteiger partial charge >= 0.3 is 11.5 Å². The van der Waals surface area contributed by atoms with E-state index in [4.69, 9.17) is 5.26 Å². The third kappa shape index (κ3) is 3.65. The van der Waals surface area contributed by atoms with E-state index in [1.54, 1.807) is 6.07 Å². The second-order valence-corrected chi connectivity index (χ2v) is 4.92. The lowest BCUT2D eigenvalue weighted by atomic mass is 10.1. The summed E-state index contributed by atoms with van der Waals surface area (Å²) in [7, 11) is 1.10. The minimum absolute atomic E-state index is 0.0651. The second kappa shape index (κ2) is 5.63. The second-order valence-electron chi connectivity index (χ2n) is 2.98. The van der Waals surface area contributed by atoms with E-state index in [9.17, 15) is 18.0 Å². The van der Waals surface area contributed by atoms with Gasteiger partial charge in [-0.1, -0.05) is 0 Å². The molecule has 0 spiro atoms. The molecular weight excluding hydrogens is 335 g/mol. The van der Waals surface area contributed by atoms with Gasteiger partial charge in [0.05, 0.1) is 18.2 Å². The van der Waals surface area contributed by atoms with Crippen LogP contribution in [0.5, 0.6) is 0 Å². The van der Waals surface area contributed by atoms with Crippen LogP contribution in [0.2, 0.25) is 0 Å². The largest absolute Gasteiger partial charge is 0.465 e. The van der Waals surface area contributed by atoms with Crippen LogP contribution >= 0.6 is 27.7 Å². The van der Waals surface area contributed by atoms with Gasteiger partial charge in [0.1, 0.15) is 6.07 Å². The van der Waals surface area contributed by atoms with Crippen molar-refractivity contribution in [1.29, 1.82) is 5.26 Å². The number of carbonyl (C=O) groups excluding carboxylic acids is 1. The molecule has 0 N–H and O–H groups in total. The van der Waals surface area contributed by atoms with Crippen molar-refractivity contribution in [2.24, 2.45) is 0 Å². The SMILES string of the molecule is COC(=O)c1cc(SC(F)(F)F)cc(C#N)c1Br. The lowest BCUT2D eigenvalue weighted by Gasteiger charge is -2.09. The van der Waals surface area contributed by atoms with E-state index in [0.29, 0.717) is 0 Å². The Balaban J connectivity index is 3.32. The van der Waals surface area contributed by atoms with Gasteiger partial charge in [-0.15, -0.1) is 0 Å². The maximum Gasteiger partial charge on any atom is 0.446 e. The maximum absolute atomic E-state index is 12.2. The van der Waals surface area contributed by atoms with Crippen molar-refractivity contribution in [3.8, 4) is 6.07 Å². The van der Waals surface area contributed by atoms with Crippen LogP contribution in [-0.2, 0) is 4.74 Å². The van der Waals surface area contributed by atoms with Gasteiger partial charge in [-0.2, -0.15) is 18.4 Å². The number of esters is 1. The Bertz CT molecular complexity index is 525. The van der Waals surface area contributed by atoms with Crippen molar-refractivity contribution in [3.63, 3.8) is 0 Å². The van der Waals surface area contributed by atoms with Crippen LogP contribution in [0, 0.1) is 11.3 Å². The Morgan fingerprint density at radius 1 is 1.50 bits per heavy atom. The molecule has 0 amide bonds. The molecule has 18 heavy (non-hydrogen) atoms. The summed E-state index contributed by atoms with van der Waals surface area (Å²) in [6.45, 7) is 0.